The molecule has 0 aliphatic heterocycles. The first-order chi connectivity index (χ1) is 14.1. The molecular formula is C20H26F3O7S-. The third kappa shape index (κ3) is 7.27. The fraction of sp³-hybridized carbons (Fsp3) is 0.650. The number of carbonyl (C=O) groups is 1. The van der Waals surface area contributed by atoms with Gasteiger partial charge in [-0.05, 0) is 43.9 Å². The lowest BCUT2D eigenvalue weighted by Gasteiger charge is -2.47. The summed E-state index contributed by atoms with van der Waals surface area (Å²) in [5.74, 6) is -2.77. The van der Waals surface area contributed by atoms with E-state index in [9.17, 15) is 30.9 Å². The van der Waals surface area contributed by atoms with Crippen molar-refractivity contribution >= 4 is 16.1 Å². The van der Waals surface area contributed by atoms with E-state index in [-0.39, 0.29) is 11.3 Å². The van der Waals surface area contributed by atoms with E-state index in [0.29, 0.717) is 12.8 Å². The first-order valence-corrected chi connectivity index (χ1v) is 11.4. The number of hydrogen-bond acceptors (Lipinski definition) is 7. The lowest BCUT2D eigenvalue weighted by molar-refractivity contribution is -0.275. The highest BCUT2D eigenvalue weighted by molar-refractivity contribution is 7.85. The number of ether oxygens (including phenoxy) is 3. The lowest BCUT2D eigenvalue weighted by atomic mass is 9.68. The van der Waals surface area contributed by atoms with E-state index < -0.39 is 51.6 Å². The van der Waals surface area contributed by atoms with Crippen LogP contribution in [0.15, 0.2) is 18.2 Å². The zero-order valence-electron chi connectivity index (χ0n) is 17.6. The van der Waals surface area contributed by atoms with Gasteiger partial charge in [0.15, 0.2) is 11.5 Å². The predicted octanol–water partition coefficient (Wildman–Crippen LogP) is 4.42. The third-order valence-corrected chi connectivity index (χ3v) is 5.97. The van der Waals surface area contributed by atoms with Crippen LogP contribution in [0.4, 0.5) is 13.2 Å². The molecule has 11 heteroatoms. The molecule has 1 aliphatic carbocycles. The van der Waals surface area contributed by atoms with Crippen molar-refractivity contribution in [3.05, 3.63) is 23.8 Å². The Morgan fingerprint density at radius 3 is 2.23 bits per heavy atom. The minimum absolute atomic E-state index is 0.160. The summed E-state index contributed by atoms with van der Waals surface area (Å²) in [6, 6.07) is 3.08. The number of halogens is 3. The van der Waals surface area contributed by atoms with Crippen LogP contribution < -0.4 is 9.47 Å². The van der Waals surface area contributed by atoms with Crippen LogP contribution >= 0.6 is 0 Å². The molecule has 0 unspecified atom stereocenters. The molecule has 0 atom stereocenters. The second kappa shape index (κ2) is 9.23. The maximum absolute atomic E-state index is 12.9. The Bertz CT molecular complexity index is 883. The van der Waals surface area contributed by atoms with Gasteiger partial charge in [-0.25, -0.2) is 13.2 Å². The average Bonchev–Trinajstić information content (AvgIpc) is 2.60. The van der Waals surface area contributed by atoms with Crippen molar-refractivity contribution in [3.63, 3.8) is 0 Å². The van der Waals surface area contributed by atoms with Crippen molar-refractivity contribution in [1.29, 1.82) is 0 Å². The Balaban J connectivity index is 2.37. The van der Waals surface area contributed by atoms with Gasteiger partial charge in [-0.3, -0.25) is 0 Å². The molecule has 31 heavy (non-hydrogen) atoms. The van der Waals surface area contributed by atoms with Crippen molar-refractivity contribution in [3.8, 4) is 11.5 Å². The average molecular weight is 467 g/mol. The van der Waals surface area contributed by atoms with Crippen LogP contribution in [0.25, 0.3) is 0 Å². The monoisotopic (exact) mass is 467 g/mol. The normalized spacial score (nSPS) is 17.1. The number of esters is 1. The Hall–Kier alpha value is -2.01. The standard InChI is InChI=1S/C20H27F3O7S/c1-18(2,3)19(9-5-4-6-10-19)29-16-13-14(7-8-15(16)30-20(21,22)23)17(24)28-11-12-31(25,26)27/h7-8,13H,4-6,9-12H2,1-3H3,(H,25,26,27)/p-1. The summed E-state index contributed by atoms with van der Waals surface area (Å²) < 4.78 is 85.7. The summed E-state index contributed by atoms with van der Waals surface area (Å²) in [6.45, 7) is 5.13. The Morgan fingerprint density at radius 1 is 1.10 bits per heavy atom. The van der Waals surface area contributed by atoms with Crippen LogP contribution in [-0.2, 0) is 14.9 Å². The highest BCUT2D eigenvalue weighted by Gasteiger charge is 2.46. The number of benzene rings is 1. The van der Waals surface area contributed by atoms with Gasteiger partial charge in [0.2, 0.25) is 0 Å². The summed E-state index contributed by atoms with van der Waals surface area (Å²) in [5.41, 5.74) is -1.34. The van der Waals surface area contributed by atoms with Crippen LogP contribution in [0.1, 0.15) is 63.2 Å². The fourth-order valence-electron chi connectivity index (χ4n) is 3.58. The van der Waals surface area contributed by atoms with Crippen LogP contribution in [0, 0.1) is 5.41 Å². The molecule has 1 fully saturated rings. The SMILES string of the molecule is CC(C)(C)C1(Oc2cc(C(=O)OCCS(=O)(=O)[O-])ccc2OC(F)(F)F)CCCCC1. The molecule has 1 saturated carbocycles. The molecule has 0 N–H and O–H groups in total. The van der Waals surface area contributed by atoms with Gasteiger partial charge in [-0.1, -0.05) is 27.2 Å². The van der Waals surface area contributed by atoms with Crippen molar-refractivity contribution in [2.24, 2.45) is 5.41 Å². The van der Waals surface area contributed by atoms with E-state index in [0.717, 1.165) is 37.5 Å². The molecule has 2 rings (SSSR count). The lowest BCUT2D eigenvalue weighted by Crippen LogP contribution is -2.49. The number of alkyl halides is 3. The van der Waals surface area contributed by atoms with Crippen LogP contribution in [0.5, 0.6) is 11.5 Å². The van der Waals surface area contributed by atoms with E-state index in [2.05, 4.69) is 4.74 Å². The Morgan fingerprint density at radius 2 is 1.71 bits per heavy atom. The first kappa shape index (κ1) is 25.3. The van der Waals surface area contributed by atoms with E-state index >= 15 is 0 Å². The zero-order valence-corrected chi connectivity index (χ0v) is 18.4. The van der Waals surface area contributed by atoms with Gasteiger partial charge in [-0.15, -0.1) is 13.2 Å². The quantitative estimate of drug-likeness (QED) is 0.432. The fourth-order valence-corrected chi connectivity index (χ4v) is 3.87. The third-order valence-electron chi connectivity index (χ3n) is 5.30. The summed E-state index contributed by atoms with van der Waals surface area (Å²) in [6.07, 6.45) is -1.04. The molecule has 7 nitrogen and oxygen atoms in total. The van der Waals surface area contributed by atoms with Gasteiger partial charge >= 0.3 is 12.3 Å². The molecule has 0 heterocycles. The topological polar surface area (TPSA) is 102 Å². The van der Waals surface area contributed by atoms with Gasteiger partial charge in [0, 0.05) is 5.41 Å². The molecule has 0 spiro atoms. The maximum Gasteiger partial charge on any atom is 0.573 e. The van der Waals surface area contributed by atoms with Crippen LogP contribution in [0.2, 0.25) is 0 Å². The second-order valence-electron chi connectivity index (χ2n) is 8.51. The van der Waals surface area contributed by atoms with Crippen molar-refractivity contribution in [2.45, 2.75) is 64.8 Å². The minimum Gasteiger partial charge on any atom is -0.748 e. The van der Waals surface area contributed by atoms with E-state index in [1.165, 1.54) is 0 Å². The molecule has 1 aromatic rings. The highest BCUT2D eigenvalue weighted by Crippen LogP contribution is 2.47. The summed E-state index contributed by atoms with van der Waals surface area (Å²) >= 11 is 0. The minimum atomic E-state index is -4.97. The van der Waals surface area contributed by atoms with E-state index in [4.69, 9.17) is 9.47 Å². The summed E-state index contributed by atoms with van der Waals surface area (Å²) in [5, 5.41) is 0. The number of rotatable bonds is 7. The Kier molecular flexibility index (Phi) is 7.52. The zero-order chi connectivity index (χ0) is 23.5. The second-order valence-corrected chi connectivity index (χ2v) is 10.0. The molecule has 1 aliphatic rings. The van der Waals surface area contributed by atoms with Gasteiger partial charge < -0.3 is 18.8 Å². The van der Waals surface area contributed by atoms with Crippen molar-refractivity contribution < 1.29 is 45.1 Å². The molecule has 0 amide bonds. The van der Waals surface area contributed by atoms with E-state index in [1.807, 2.05) is 20.8 Å². The molecule has 0 radical (unpaired) electrons. The van der Waals surface area contributed by atoms with Crippen LogP contribution in [-0.4, -0.2) is 43.3 Å². The van der Waals surface area contributed by atoms with Crippen LogP contribution in [0.3, 0.4) is 0 Å². The molecule has 1 aromatic carbocycles. The van der Waals surface area contributed by atoms with E-state index in [1.54, 1.807) is 0 Å². The molecular weight excluding hydrogens is 441 g/mol. The van der Waals surface area contributed by atoms with Gasteiger partial charge in [0.25, 0.3) is 0 Å². The molecule has 0 aromatic heterocycles. The molecule has 176 valence electrons. The predicted molar refractivity (Wildman–Crippen MR) is 104 cm³/mol. The highest BCUT2D eigenvalue weighted by atomic mass is 32.2. The maximum atomic E-state index is 12.9. The Labute approximate surface area is 179 Å². The largest absolute Gasteiger partial charge is 0.748 e. The van der Waals surface area contributed by atoms with Gasteiger partial charge in [-0.2, -0.15) is 0 Å². The summed E-state index contributed by atoms with van der Waals surface area (Å²) in [7, 11) is -4.58. The molecule has 0 bridgehead atoms. The van der Waals surface area contributed by atoms with Gasteiger partial charge in [0.1, 0.15) is 12.2 Å². The van der Waals surface area contributed by atoms with Crippen molar-refractivity contribution in [2.75, 3.05) is 12.4 Å². The molecule has 0 saturated heterocycles. The van der Waals surface area contributed by atoms with Crippen molar-refractivity contribution in [1.82, 2.24) is 0 Å². The smallest absolute Gasteiger partial charge is 0.573 e. The first-order valence-electron chi connectivity index (χ1n) is 9.81. The van der Waals surface area contributed by atoms with Gasteiger partial charge in [0.05, 0.1) is 21.4 Å². The number of hydrogen-bond donors (Lipinski definition) is 0. The number of carbonyl (C=O) groups excluding carboxylic acids is 1. The summed E-state index contributed by atoms with van der Waals surface area (Å²) in [4.78, 5) is 12.2.